The molecule has 1 heterocycles. The van der Waals surface area contributed by atoms with Crippen LogP contribution in [-0.2, 0) is 9.59 Å². The lowest BCUT2D eigenvalue weighted by Crippen LogP contribution is -2.41. The first-order chi connectivity index (χ1) is 6.65. The molecular formula is C10H15NO3. The van der Waals surface area contributed by atoms with E-state index in [1.165, 1.54) is 6.08 Å². The molecular weight excluding hydrogens is 182 g/mol. The first-order valence-corrected chi connectivity index (χ1v) is 4.79. The second kappa shape index (κ2) is 4.79. The number of carboxylic acid groups (broad SMARTS) is 1. The summed E-state index contributed by atoms with van der Waals surface area (Å²) in [5, 5.41) is 8.81. The number of carbonyl (C=O) groups excluding carboxylic acids is 1. The van der Waals surface area contributed by atoms with Gasteiger partial charge in [-0.15, -0.1) is 0 Å². The molecule has 0 aromatic carbocycles. The van der Waals surface area contributed by atoms with Gasteiger partial charge < -0.3 is 10.0 Å². The number of nitrogens with zero attached hydrogens (tertiary/aromatic N) is 1. The SMILES string of the molecule is C/C=C/C(=O)N1CCCC(C(=O)O)C1. The summed E-state index contributed by atoms with van der Waals surface area (Å²) in [6.07, 6.45) is 4.60. The molecule has 0 spiro atoms. The molecule has 1 N–H and O–H groups in total. The van der Waals surface area contributed by atoms with Gasteiger partial charge in [0.25, 0.3) is 0 Å². The Labute approximate surface area is 83.2 Å². The van der Waals surface area contributed by atoms with Gasteiger partial charge in [-0.25, -0.2) is 0 Å². The van der Waals surface area contributed by atoms with Gasteiger partial charge in [0, 0.05) is 13.1 Å². The minimum Gasteiger partial charge on any atom is -0.481 e. The fourth-order valence-corrected chi connectivity index (χ4v) is 1.63. The van der Waals surface area contributed by atoms with Gasteiger partial charge in [-0.3, -0.25) is 9.59 Å². The molecule has 0 aromatic heterocycles. The van der Waals surface area contributed by atoms with Crippen molar-refractivity contribution in [3.63, 3.8) is 0 Å². The number of hydrogen-bond acceptors (Lipinski definition) is 2. The fraction of sp³-hybridized carbons (Fsp3) is 0.600. The number of likely N-dealkylation sites (tertiary alicyclic amines) is 1. The third-order valence-corrected chi connectivity index (χ3v) is 2.39. The van der Waals surface area contributed by atoms with Crippen LogP contribution in [0.3, 0.4) is 0 Å². The summed E-state index contributed by atoms with van der Waals surface area (Å²) < 4.78 is 0. The molecule has 0 aromatic rings. The Balaban J connectivity index is 2.55. The Hall–Kier alpha value is -1.32. The third-order valence-electron chi connectivity index (χ3n) is 2.39. The summed E-state index contributed by atoms with van der Waals surface area (Å²) in [6, 6.07) is 0. The largest absolute Gasteiger partial charge is 0.481 e. The van der Waals surface area contributed by atoms with Crippen molar-refractivity contribution >= 4 is 11.9 Å². The van der Waals surface area contributed by atoms with Crippen molar-refractivity contribution in [1.29, 1.82) is 0 Å². The summed E-state index contributed by atoms with van der Waals surface area (Å²) >= 11 is 0. The van der Waals surface area contributed by atoms with Crippen LogP contribution in [0, 0.1) is 5.92 Å². The topological polar surface area (TPSA) is 57.6 Å². The highest BCUT2D eigenvalue weighted by molar-refractivity contribution is 5.88. The van der Waals surface area contributed by atoms with Crippen molar-refractivity contribution in [1.82, 2.24) is 4.90 Å². The molecule has 4 nitrogen and oxygen atoms in total. The van der Waals surface area contributed by atoms with Gasteiger partial charge in [-0.2, -0.15) is 0 Å². The van der Waals surface area contributed by atoms with E-state index in [0.717, 1.165) is 6.42 Å². The molecule has 1 fully saturated rings. The molecule has 14 heavy (non-hydrogen) atoms. The lowest BCUT2D eigenvalue weighted by molar-refractivity contribution is -0.144. The molecule has 78 valence electrons. The van der Waals surface area contributed by atoms with Crippen molar-refractivity contribution in [2.24, 2.45) is 5.92 Å². The van der Waals surface area contributed by atoms with Crippen LogP contribution in [0.15, 0.2) is 12.2 Å². The molecule has 1 rings (SSSR count). The van der Waals surface area contributed by atoms with Crippen molar-refractivity contribution < 1.29 is 14.7 Å². The van der Waals surface area contributed by atoms with E-state index in [2.05, 4.69) is 0 Å². The summed E-state index contributed by atoms with van der Waals surface area (Å²) in [4.78, 5) is 23.7. The van der Waals surface area contributed by atoms with Gasteiger partial charge in [-0.1, -0.05) is 6.08 Å². The van der Waals surface area contributed by atoms with Crippen LogP contribution in [0.2, 0.25) is 0 Å². The van der Waals surface area contributed by atoms with Crippen molar-refractivity contribution in [2.75, 3.05) is 13.1 Å². The first-order valence-electron chi connectivity index (χ1n) is 4.79. The predicted molar refractivity (Wildman–Crippen MR) is 51.8 cm³/mol. The smallest absolute Gasteiger partial charge is 0.308 e. The molecule has 0 aliphatic carbocycles. The third kappa shape index (κ3) is 2.58. The van der Waals surface area contributed by atoms with Crippen LogP contribution >= 0.6 is 0 Å². The molecule has 1 aliphatic heterocycles. The van der Waals surface area contributed by atoms with Gasteiger partial charge in [-0.05, 0) is 25.8 Å². The van der Waals surface area contributed by atoms with E-state index < -0.39 is 11.9 Å². The molecule has 1 atom stereocenters. The molecule has 1 aliphatic rings. The Bertz CT molecular complexity index is 260. The number of allylic oxidation sites excluding steroid dienone is 1. The number of hydrogen-bond donors (Lipinski definition) is 1. The summed E-state index contributed by atoms with van der Waals surface area (Å²) in [5.74, 6) is -1.28. The van der Waals surface area contributed by atoms with Gasteiger partial charge in [0.15, 0.2) is 0 Å². The van der Waals surface area contributed by atoms with Gasteiger partial charge >= 0.3 is 5.97 Å². The van der Waals surface area contributed by atoms with E-state index in [1.54, 1.807) is 17.9 Å². The number of rotatable bonds is 2. The van der Waals surface area contributed by atoms with E-state index in [-0.39, 0.29) is 5.91 Å². The first kappa shape index (κ1) is 10.8. The van der Waals surface area contributed by atoms with E-state index in [0.29, 0.717) is 19.5 Å². The Kier molecular flexibility index (Phi) is 3.68. The zero-order chi connectivity index (χ0) is 10.6. The average molecular weight is 197 g/mol. The standard InChI is InChI=1S/C10H15NO3/c1-2-4-9(12)11-6-3-5-8(7-11)10(13)14/h2,4,8H,3,5-7H2,1H3,(H,13,14)/b4-2+. The van der Waals surface area contributed by atoms with Crippen LogP contribution in [0.25, 0.3) is 0 Å². The molecule has 1 saturated heterocycles. The van der Waals surface area contributed by atoms with E-state index in [4.69, 9.17) is 5.11 Å². The highest BCUT2D eigenvalue weighted by Gasteiger charge is 2.26. The van der Waals surface area contributed by atoms with Crippen LogP contribution in [0.1, 0.15) is 19.8 Å². The number of carbonyl (C=O) groups is 2. The summed E-state index contributed by atoms with van der Waals surface area (Å²) in [6.45, 7) is 2.79. The number of aliphatic carboxylic acids is 1. The number of piperidine rings is 1. The second-order valence-corrected chi connectivity index (χ2v) is 3.46. The maximum absolute atomic E-state index is 11.4. The monoisotopic (exact) mass is 197 g/mol. The number of carboxylic acids is 1. The molecule has 1 amide bonds. The maximum atomic E-state index is 11.4. The van der Waals surface area contributed by atoms with Gasteiger partial charge in [0.1, 0.15) is 0 Å². The van der Waals surface area contributed by atoms with Crippen LogP contribution in [0.4, 0.5) is 0 Å². The van der Waals surface area contributed by atoms with E-state index in [1.807, 2.05) is 0 Å². The zero-order valence-electron chi connectivity index (χ0n) is 8.27. The molecule has 0 radical (unpaired) electrons. The van der Waals surface area contributed by atoms with E-state index in [9.17, 15) is 9.59 Å². The van der Waals surface area contributed by atoms with E-state index >= 15 is 0 Å². The lowest BCUT2D eigenvalue weighted by Gasteiger charge is -2.29. The average Bonchev–Trinajstić information content (AvgIpc) is 2.18. The minimum atomic E-state index is -0.803. The van der Waals surface area contributed by atoms with Gasteiger partial charge in [0.05, 0.1) is 5.92 Å². The highest BCUT2D eigenvalue weighted by Crippen LogP contribution is 2.16. The Morgan fingerprint density at radius 2 is 2.21 bits per heavy atom. The van der Waals surface area contributed by atoms with Crippen molar-refractivity contribution in [2.45, 2.75) is 19.8 Å². The Morgan fingerprint density at radius 1 is 1.50 bits per heavy atom. The fourth-order valence-electron chi connectivity index (χ4n) is 1.63. The minimum absolute atomic E-state index is 0.0848. The molecule has 4 heteroatoms. The zero-order valence-corrected chi connectivity index (χ0v) is 8.27. The van der Waals surface area contributed by atoms with Crippen LogP contribution in [-0.4, -0.2) is 35.0 Å². The second-order valence-electron chi connectivity index (χ2n) is 3.46. The maximum Gasteiger partial charge on any atom is 0.308 e. The molecule has 1 unspecified atom stereocenters. The molecule has 0 saturated carbocycles. The van der Waals surface area contributed by atoms with Crippen molar-refractivity contribution in [3.05, 3.63) is 12.2 Å². The quantitative estimate of drug-likeness (QED) is 0.669. The highest BCUT2D eigenvalue weighted by atomic mass is 16.4. The normalized spacial score (nSPS) is 22.6. The lowest BCUT2D eigenvalue weighted by atomic mass is 9.98. The summed E-state index contributed by atoms with van der Waals surface area (Å²) in [5.41, 5.74) is 0. The van der Waals surface area contributed by atoms with Crippen LogP contribution in [0.5, 0.6) is 0 Å². The predicted octanol–water partition coefficient (Wildman–Crippen LogP) is 0.886. The Morgan fingerprint density at radius 3 is 2.79 bits per heavy atom. The van der Waals surface area contributed by atoms with Gasteiger partial charge in [0.2, 0.25) is 5.91 Å². The number of amides is 1. The van der Waals surface area contributed by atoms with Crippen molar-refractivity contribution in [3.8, 4) is 0 Å². The molecule has 0 bridgehead atoms. The summed E-state index contributed by atoms with van der Waals surface area (Å²) in [7, 11) is 0. The van der Waals surface area contributed by atoms with Crippen LogP contribution < -0.4 is 0 Å².